The summed E-state index contributed by atoms with van der Waals surface area (Å²) in [4.78, 5) is 13.9. The van der Waals surface area contributed by atoms with Gasteiger partial charge in [0.25, 0.3) is 5.91 Å². The van der Waals surface area contributed by atoms with Crippen molar-refractivity contribution in [2.24, 2.45) is 5.73 Å². The zero-order valence-electron chi connectivity index (χ0n) is 9.02. The summed E-state index contributed by atoms with van der Waals surface area (Å²) in [5.41, 5.74) is 6.56. The van der Waals surface area contributed by atoms with Gasteiger partial charge in [-0.15, -0.1) is 0 Å². The van der Waals surface area contributed by atoms with Gasteiger partial charge in [0.1, 0.15) is 5.69 Å². The van der Waals surface area contributed by atoms with E-state index in [0.29, 0.717) is 6.54 Å². The molecule has 1 amide bonds. The predicted molar refractivity (Wildman–Crippen MR) is 58.6 cm³/mol. The molecule has 0 radical (unpaired) electrons. The van der Waals surface area contributed by atoms with Crippen LogP contribution < -0.4 is 5.73 Å². The van der Waals surface area contributed by atoms with E-state index in [1.165, 1.54) is 0 Å². The Bertz CT molecular complexity index is 358. The highest BCUT2D eigenvalue weighted by atomic mass is 16.2. The maximum atomic E-state index is 12.1. The Morgan fingerprint density at radius 1 is 1.67 bits per heavy atom. The van der Waals surface area contributed by atoms with Gasteiger partial charge in [0, 0.05) is 31.9 Å². The molecule has 1 aliphatic heterocycles. The third-order valence-corrected chi connectivity index (χ3v) is 2.90. The highest BCUT2D eigenvalue weighted by molar-refractivity contribution is 5.93. The van der Waals surface area contributed by atoms with Crippen molar-refractivity contribution in [2.45, 2.75) is 25.9 Å². The molecule has 1 fully saturated rings. The summed E-state index contributed by atoms with van der Waals surface area (Å²) < 4.78 is 1.96. The smallest absolute Gasteiger partial charge is 0.270 e. The van der Waals surface area contributed by atoms with E-state index in [9.17, 15) is 4.79 Å². The first kappa shape index (κ1) is 10.2. The van der Waals surface area contributed by atoms with Crippen molar-refractivity contribution in [3.05, 3.63) is 24.0 Å². The zero-order valence-corrected chi connectivity index (χ0v) is 9.02. The number of likely N-dealkylation sites (tertiary alicyclic amines) is 1. The summed E-state index contributed by atoms with van der Waals surface area (Å²) in [6.45, 7) is 4.34. The minimum atomic E-state index is 0.106. The molecule has 2 heterocycles. The molecule has 0 aliphatic carbocycles. The fourth-order valence-corrected chi connectivity index (χ4v) is 2.02. The number of nitrogens with two attached hydrogens (primary N) is 1. The number of hydrogen-bond donors (Lipinski definition) is 1. The number of hydrogen-bond acceptors (Lipinski definition) is 2. The van der Waals surface area contributed by atoms with Crippen molar-refractivity contribution in [1.82, 2.24) is 9.47 Å². The predicted octanol–water partition coefficient (Wildman–Crippen LogP) is 0.681. The van der Waals surface area contributed by atoms with Crippen LogP contribution in [0.2, 0.25) is 0 Å². The van der Waals surface area contributed by atoms with Crippen LogP contribution >= 0.6 is 0 Å². The third-order valence-electron chi connectivity index (χ3n) is 2.90. The first-order valence-corrected chi connectivity index (χ1v) is 5.42. The number of aryl methyl sites for hydroxylation is 1. The van der Waals surface area contributed by atoms with Gasteiger partial charge in [0.2, 0.25) is 0 Å². The summed E-state index contributed by atoms with van der Waals surface area (Å²) in [7, 11) is 0. The van der Waals surface area contributed by atoms with Gasteiger partial charge in [-0.2, -0.15) is 0 Å². The van der Waals surface area contributed by atoms with E-state index in [2.05, 4.69) is 0 Å². The topological polar surface area (TPSA) is 51.3 Å². The molecule has 82 valence electrons. The molecular formula is C11H17N3O. The van der Waals surface area contributed by atoms with Gasteiger partial charge in [0.15, 0.2) is 0 Å². The summed E-state index contributed by atoms with van der Waals surface area (Å²) in [6.07, 6.45) is 2.85. The minimum Gasteiger partial charge on any atom is -0.344 e. The number of rotatable bonds is 2. The van der Waals surface area contributed by atoms with Gasteiger partial charge < -0.3 is 15.2 Å². The molecule has 0 bridgehead atoms. The molecule has 15 heavy (non-hydrogen) atoms. The molecule has 4 nitrogen and oxygen atoms in total. The lowest BCUT2D eigenvalue weighted by molar-refractivity contribution is 0.0780. The molecule has 2 rings (SSSR count). The first-order valence-electron chi connectivity index (χ1n) is 5.42. The van der Waals surface area contributed by atoms with Crippen LogP contribution in [-0.2, 0) is 6.54 Å². The second-order valence-electron chi connectivity index (χ2n) is 3.98. The molecule has 0 saturated carbocycles. The molecule has 1 atom stereocenters. The molecular weight excluding hydrogens is 190 g/mol. The van der Waals surface area contributed by atoms with Crippen LogP contribution in [0.1, 0.15) is 23.8 Å². The van der Waals surface area contributed by atoms with E-state index >= 15 is 0 Å². The Labute approximate surface area is 89.7 Å². The number of carbonyl (C=O) groups is 1. The molecule has 4 heteroatoms. The van der Waals surface area contributed by atoms with Crippen LogP contribution in [0.15, 0.2) is 18.3 Å². The second kappa shape index (κ2) is 4.06. The summed E-state index contributed by atoms with van der Waals surface area (Å²) in [5.74, 6) is 0.106. The van der Waals surface area contributed by atoms with Crippen LogP contribution in [0, 0.1) is 0 Å². The van der Waals surface area contributed by atoms with Crippen LogP contribution in [0.5, 0.6) is 0 Å². The molecule has 0 unspecified atom stereocenters. The van der Waals surface area contributed by atoms with Crippen molar-refractivity contribution < 1.29 is 4.79 Å². The van der Waals surface area contributed by atoms with Gasteiger partial charge in [-0.1, -0.05) is 0 Å². The molecule has 1 saturated heterocycles. The molecule has 2 N–H and O–H groups in total. The van der Waals surface area contributed by atoms with Gasteiger partial charge >= 0.3 is 0 Å². The van der Waals surface area contributed by atoms with E-state index in [4.69, 9.17) is 5.73 Å². The molecule has 0 spiro atoms. The van der Waals surface area contributed by atoms with Gasteiger partial charge in [-0.05, 0) is 25.5 Å². The average Bonchev–Trinajstić information content (AvgIpc) is 2.84. The third kappa shape index (κ3) is 1.90. The number of carbonyl (C=O) groups excluding carboxylic acids is 1. The Hall–Kier alpha value is -1.29. The first-order chi connectivity index (χ1) is 7.22. The molecule has 1 aromatic heterocycles. The van der Waals surface area contributed by atoms with Crippen molar-refractivity contribution in [2.75, 3.05) is 13.1 Å². The molecule has 1 aromatic rings. The van der Waals surface area contributed by atoms with Crippen LogP contribution in [-0.4, -0.2) is 34.5 Å². The number of aromatic nitrogens is 1. The summed E-state index contributed by atoms with van der Waals surface area (Å²) in [6, 6.07) is 3.93. The Morgan fingerprint density at radius 3 is 3.07 bits per heavy atom. The van der Waals surface area contributed by atoms with Crippen LogP contribution in [0.25, 0.3) is 0 Å². The minimum absolute atomic E-state index is 0.106. The maximum Gasteiger partial charge on any atom is 0.270 e. The average molecular weight is 207 g/mol. The van der Waals surface area contributed by atoms with Crippen molar-refractivity contribution >= 4 is 5.91 Å². The standard InChI is InChI=1S/C11H17N3O/c1-2-13-6-3-4-10(13)11(15)14-7-5-9(12)8-14/h3-4,6,9H,2,5,7-8,12H2,1H3/t9-/m0/s1. The summed E-state index contributed by atoms with van der Waals surface area (Å²) >= 11 is 0. The van der Waals surface area contributed by atoms with E-state index in [1.807, 2.05) is 34.7 Å². The van der Waals surface area contributed by atoms with E-state index < -0.39 is 0 Å². The number of amides is 1. The highest BCUT2D eigenvalue weighted by Gasteiger charge is 2.25. The lowest BCUT2D eigenvalue weighted by Crippen LogP contribution is -2.33. The maximum absolute atomic E-state index is 12.1. The second-order valence-corrected chi connectivity index (χ2v) is 3.98. The van der Waals surface area contributed by atoms with Crippen LogP contribution in [0.3, 0.4) is 0 Å². The van der Waals surface area contributed by atoms with E-state index in [0.717, 1.165) is 25.2 Å². The molecule has 1 aliphatic rings. The van der Waals surface area contributed by atoms with E-state index in [1.54, 1.807) is 0 Å². The van der Waals surface area contributed by atoms with Gasteiger partial charge in [-0.3, -0.25) is 4.79 Å². The Kier molecular flexibility index (Phi) is 2.77. The zero-order chi connectivity index (χ0) is 10.8. The SMILES string of the molecule is CCn1cccc1C(=O)N1CC[C@H](N)C1. The van der Waals surface area contributed by atoms with Crippen LogP contribution in [0.4, 0.5) is 0 Å². The van der Waals surface area contributed by atoms with Crippen molar-refractivity contribution in [3.8, 4) is 0 Å². The monoisotopic (exact) mass is 207 g/mol. The van der Waals surface area contributed by atoms with Gasteiger partial charge in [0.05, 0.1) is 0 Å². The summed E-state index contributed by atoms with van der Waals surface area (Å²) in [5, 5.41) is 0. The van der Waals surface area contributed by atoms with E-state index in [-0.39, 0.29) is 11.9 Å². The largest absolute Gasteiger partial charge is 0.344 e. The Morgan fingerprint density at radius 2 is 2.47 bits per heavy atom. The van der Waals surface area contributed by atoms with Gasteiger partial charge in [-0.25, -0.2) is 0 Å². The Balaban J connectivity index is 2.14. The lowest BCUT2D eigenvalue weighted by atomic mass is 10.3. The fraction of sp³-hybridized carbons (Fsp3) is 0.545. The van der Waals surface area contributed by atoms with Crippen molar-refractivity contribution in [3.63, 3.8) is 0 Å². The quantitative estimate of drug-likeness (QED) is 0.775. The van der Waals surface area contributed by atoms with Crippen molar-refractivity contribution in [1.29, 1.82) is 0 Å². The lowest BCUT2D eigenvalue weighted by Gasteiger charge is -2.16. The number of nitrogens with zero attached hydrogens (tertiary/aromatic N) is 2. The molecule has 0 aromatic carbocycles. The fourth-order valence-electron chi connectivity index (χ4n) is 2.02. The normalized spacial score (nSPS) is 20.9. The highest BCUT2D eigenvalue weighted by Crippen LogP contribution is 2.13.